The smallest absolute Gasteiger partial charge is 0.292 e. The highest BCUT2D eigenvalue weighted by molar-refractivity contribution is 5.99. The van der Waals surface area contributed by atoms with Crippen LogP contribution in [-0.4, -0.2) is 47.8 Å². The van der Waals surface area contributed by atoms with Gasteiger partial charge in [0.2, 0.25) is 5.91 Å². The number of rotatable bonds is 3. The van der Waals surface area contributed by atoms with E-state index in [2.05, 4.69) is 10.6 Å². The van der Waals surface area contributed by atoms with Gasteiger partial charge in [-0.25, -0.2) is 0 Å². The van der Waals surface area contributed by atoms with E-state index in [0.717, 1.165) is 0 Å². The monoisotopic (exact) mass is 292 g/mol. The zero-order valence-electron chi connectivity index (χ0n) is 11.8. The second kappa shape index (κ2) is 5.78. The van der Waals surface area contributed by atoms with E-state index in [0.29, 0.717) is 18.7 Å². The van der Waals surface area contributed by atoms with Gasteiger partial charge < -0.3 is 15.5 Å². The van der Waals surface area contributed by atoms with Crippen LogP contribution in [0.25, 0.3) is 0 Å². The van der Waals surface area contributed by atoms with Gasteiger partial charge in [0.05, 0.1) is 4.92 Å². The van der Waals surface area contributed by atoms with Gasteiger partial charge in [0.15, 0.2) is 0 Å². The third kappa shape index (κ3) is 2.78. The molecule has 0 aliphatic carbocycles. The van der Waals surface area contributed by atoms with Gasteiger partial charge in [-0.1, -0.05) is 0 Å². The number of carbonyl (C=O) groups is 2. The zero-order chi connectivity index (χ0) is 15.6. The van der Waals surface area contributed by atoms with Crippen molar-refractivity contribution in [1.29, 1.82) is 0 Å². The predicted molar refractivity (Wildman–Crippen MR) is 76.2 cm³/mol. The Kier molecular flexibility index (Phi) is 4.06. The minimum absolute atomic E-state index is 0.0986. The van der Waals surface area contributed by atoms with Crippen LogP contribution in [0.2, 0.25) is 0 Å². The summed E-state index contributed by atoms with van der Waals surface area (Å²) in [5.74, 6) is -0.519. The van der Waals surface area contributed by atoms with E-state index in [1.165, 1.54) is 23.1 Å². The summed E-state index contributed by atoms with van der Waals surface area (Å²) in [7, 11) is 1.55. The van der Waals surface area contributed by atoms with Crippen molar-refractivity contribution in [2.24, 2.45) is 0 Å². The molecule has 1 aliphatic heterocycles. The van der Waals surface area contributed by atoms with Crippen molar-refractivity contribution in [3.05, 3.63) is 33.9 Å². The maximum Gasteiger partial charge on any atom is 0.292 e. The molecule has 1 atom stereocenters. The van der Waals surface area contributed by atoms with Crippen molar-refractivity contribution in [3.8, 4) is 0 Å². The quantitative estimate of drug-likeness (QED) is 0.627. The number of hydrogen-bond acceptors (Lipinski definition) is 5. The molecule has 1 aromatic carbocycles. The van der Waals surface area contributed by atoms with Crippen molar-refractivity contribution in [2.75, 3.05) is 25.5 Å². The van der Waals surface area contributed by atoms with Crippen molar-refractivity contribution in [3.63, 3.8) is 0 Å². The molecular weight excluding hydrogens is 276 g/mol. The average Bonchev–Trinajstić information content (AvgIpc) is 2.48. The van der Waals surface area contributed by atoms with Crippen LogP contribution >= 0.6 is 0 Å². The molecule has 1 aromatic rings. The number of carbonyl (C=O) groups excluding carboxylic acids is 2. The van der Waals surface area contributed by atoms with Crippen molar-refractivity contribution in [2.45, 2.75) is 13.0 Å². The molecule has 0 saturated carbocycles. The molecule has 0 radical (unpaired) electrons. The number of anilines is 1. The predicted octanol–water partition coefficient (Wildman–Crippen LogP) is 0.597. The third-order valence-electron chi connectivity index (χ3n) is 3.47. The molecule has 0 aromatic heterocycles. The Morgan fingerprint density at radius 2 is 2.24 bits per heavy atom. The van der Waals surface area contributed by atoms with E-state index in [-0.39, 0.29) is 23.2 Å². The van der Waals surface area contributed by atoms with E-state index < -0.39 is 11.0 Å². The first kappa shape index (κ1) is 14.8. The molecule has 112 valence electrons. The number of hydrogen-bond donors (Lipinski definition) is 2. The van der Waals surface area contributed by atoms with Gasteiger partial charge in [-0.05, 0) is 19.1 Å². The molecule has 1 heterocycles. The van der Waals surface area contributed by atoms with Gasteiger partial charge >= 0.3 is 0 Å². The van der Waals surface area contributed by atoms with Crippen LogP contribution in [0.1, 0.15) is 17.3 Å². The normalized spacial score (nSPS) is 18.1. The number of nitro benzene ring substituents is 1. The minimum Gasteiger partial charge on any atom is -0.383 e. The Labute approximate surface area is 121 Å². The van der Waals surface area contributed by atoms with Gasteiger partial charge in [-0.15, -0.1) is 0 Å². The number of piperazine rings is 1. The first-order valence-corrected chi connectivity index (χ1v) is 6.50. The SMILES string of the molecule is CNc1cc(C(=O)N2CCNC(=O)C2C)ccc1[N+](=O)[O-]. The van der Waals surface area contributed by atoms with Crippen LogP contribution in [0.15, 0.2) is 18.2 Å². The highest BCUT2D eigenvalue weighted by Crippen LogP contribution is 2.26. The van der Waals surface area contributed by atoms with Crippen LogP contribution in [0.3, 0.4) is 0 Å². The fourth-order valence-electron chi connectivity index (χ4n) is 2.25. The molecule has 1 unspecified atom stereocenters. The second-order valence-corrected chi connectivity index (χ2v) is 4.70. The third-order valence-corrected chi connectivity index (χ3v) is 3.47. The molecule has 8 nitrogen and oxygen atoms in total. The molecule has 1 aliphatic rings. The van der Waals surface area contributed by atoms with Crippen LogP contribution < -0.4 is 10.6 Å². The molecule has 8 heteroatoms. The van der Waals surface area contributed by atoms with Gasteiger partial charge in [0.25, 0.3) is 11.6 Å². The Balaban J connectivity index is 2.31. The summed E-state index contributed by atoms with van der Waals surface area (Å²) in [6.45, 7) is 2.47. The number of benzene rings is 1. The minimum atomic E-state index is -0.556. The molecule has 1 saturated heterocycles. The van der Waals surface area contributed by atoms with Crippen LogP contribution in [-0.2, 0) is 4.79 Å². The zero-order valence-corrected chi connectivity index (χ0v) is 11.8. The summed E-state index contributed by atoms with van der Waals surface area (Å²) in [5, 5.41) is 16.3. The summed E-state index contributed by atoms with van der Waals surface area (Å²) in [5.41, 5.74) is 0.477. The first-order chi connectivity index (χ1) is 9.95. The van der Waals surface area contributed by atoms with E-state index >= 15 is 0 Å². The largest absolute Gasteiger partial charge is 0.383 e. The Morgan fingerprint density at radius 1 is 1.52 bits per heavy atom. The molecule has 2 N–H and O–H groups in total. The molecule has 2 amide bonds. The number of amides is 2. The Hall–Kier alpha value is -2.64. The van der Waals surface area contributed by atoms with Crippen LogP contribution in [0.5, 0.6) is 0 Å². The summed E-state index contributed by atoms with van der Waals surface area (Å²) < 4.78 is 0. The van der Waals surface area contributed by atoms with Crippen LogP contribution in [0.4, 0.5) is 11.4 Å². The molecule has 0 bridgehead atoms. The first-order valence-electron chi connectivity index (χ1n) is 6.50. The topological polar surface area (TPSA) is 105 Å². The van der Waals surface area contributed by atoms with E-state index in [4.69, 9.17) is 0 Å². The standard InChI is InChI=1S/C13H16N4O4/c1-8-12(18)15-5-6-16(8)13(19)9-3-4-11(17(20)21)10(7-9)14-2/h3-4,7-8,14H,5-6H2,1-2H3,(H,15,18). The highest BCUT2D eigenvalue weighted by Gasteiger charge is 2.30. The second-order valence-electron chi connectivity index (χ2n) is 4.70. The highest BCUT2D eigenvalue weighted by atomic mass is 16.6. The molecule has 0 spiro atoms. The average molecular weight is 292 g/mol. The van der Waals surface area contributed by atoms with Crippen molar-refractivity contribution in [1.82, 2.24) is 10.2 Å². The van der Waals surface area contributed by atoms with Gasteiger partial charge in [-0.2, -0.15) is 0 Å². The summed E-state index contributed by atoms with van der Waals surface area (Å²) >= 11 is 0. The maximum atomic E-state index is 12.5. The van der Waals surface area contributed by atoms with Crippen LogP contribution in [0, 0.1) is 10.1 Å². The summed E-state index contributed by atoms with van der Waals surface area (Å²) in [6, 6.07) is 3.56. The number of nitro groups is 1. The molecule has 1 fully saturated rings. The van der Waals surface area contributed by atoms with E-state index in [1.807, 2.05) is 0 Å². The van der Waals surface area contributed by atoms with Gasteiger partial charge in [0.1, 0.15) is 11.7 Å². The molecule has 2 rings (SSSR count). The van der Waals surface area contributed by atoms with E-state index in [1.54, 1.807) is 14.0 Å². The lowest BCUT2D eigenvalue weighted by molar-refractivity contribution is -0.383. The number of nitrogens with one attached hydrogen (secondary N) is 2. The fourth-order valence-corrected chi connectivity index (χ4v) is 2.25. The fraction of sp³-hybridized carbons (Fsp3) is 0.385. The maximum absolute atomic E-state index is 12.5. The van der Waals surface area contributed by atoms with Gasteiger partial charge in [-0.3, -0.25) is 19.7 Å². The Bertz CT molecular complexity index is 602. The van der Waals surface area contributed by atoms with E-state index in [9.17, 15) is 19.7 Å². The molecule has 21 heavy (non-hydrogen) atoms. The summed E-state index contributed by atoms with van der Waals surface area (Å²) in [4.78, 5) is 35.9. The molecular formula is C13H16N4O4. The lowest BCUT2D eigenvalue weighted by Gasteiger charge is -2.32. The summed E-state index contributed by atoms with van der Waals surface area (Å²) in [6.07, 6.45) is 0. The lowest BCUT2D eigenvalue weighted by Crippen LogP contribution is -2.55. The Morgan fingerprint density at radius 3 is 2.86 bits per heavy atom. The van der Waals surface area contributed by atoms with Gasteiger partial charge in [0, 0.05) is 31.8 Å². The van der Waals surface area contributed by atoms with Crippen molar-refractivity contribution >= 4 is 23.2 Å². The lowest BCUT2D eigenvalue weighted by atomic mass is 10.1. The van der Waals surface area contributed by atoms with Crippen molar-refractivity contribution < 1.29 is 14.5 Å². The number of nitrogens with zero attached hydrogens (tertiary/aromatic N) is 2.